The maximum Gasteiger partial charge on any atom is 0.251 e. The van der Waals surface area contributed by atoms with E-state index in [9.17, 15) is 4.79 Å². The topological polar surface area (TPSA) is 59.8 Å². The molecule has 27 heavy (non-hydrogen) atoms. The number of benzene rings is 1. The Labute approximate surface area is 159 Å². The van der Waals surface area contributed by atoms with E-state index in [1.54, 1.807) is 6.20 Å². The highest BCUT2D eigenvalue weighted by atomic mass is 16.1. The molecule has 0 atom stereocenters. The fourth-order valence-corrected chi connectivity index (χ4v) is 3.76. The van der Waals surface area contributed by atoms with Gasteiger partial charge >= 0.3 is 0 Å². The second kappa shape index (κ2) is 7.74. The quantitative estimate of drug-likeness (QED) is 0.738. The Bertz CT molecular complexity index is 926. The average Bonchev–Trinajstić information content (AvgIpc) is 3.37. The van der Waals surface area contributed by atoms with Gasteiger partial charge < -0.3 is 5.32 Å². The number of nitrogens with one attached hydrogen (secondary N) is 1. The zero-order valence-corrected chi connectivity index (χ0v) is 15.6. The van der Waals surface area contributed by atoms with Crippen LogP contribution in [0.25, 0.3) is 11.4 Å². The highest BCUT2D eigenvalue weighted by Crippen LogP contribution is 2.33. The molecule has 0 radical (unpaired) electrons. The van der Waals surface area contributed by atoms with Gasteiger partial charge in [-0.25, -0.2) is 0 Å². The number of aromatic nitrogens is 3. The molecule has 5 heteroatoms. The monoisotopic (exact) mass is 360 g/mol. The molecular formula is C22H24N4O. The van der Waals surface area contributed by atoms with Crippen LogP contribution < -0.4 is 5.32 Å². The highest BCUT2D eigenvalue weighted by molar-refractivity contribution is 5.95. The normalized spacial score (nSPS) is 14.4. The molecule has 0 spiro atoms. The van der Waals surface area contributed by atoms with E-state index in [0.717, 1.165) is 35.5 Å². The van der Waals surface area contributed by atoms with Gasteiger partial charge in [-0.15, -0.1) is 0 Å². The lowest BCUT2D eigenvalue weighted by Crippen LogP contribution is -2.24. The predicted molar refractivity (Wildman–Crippen MR) is 105 cm³/mol. The zero-order chi connectivity index (χ0) is 18.6. The van der Waals surface area contributed by atoms with E-state index in [1.165, 1.54) is 12.8 Å². The number of hydrogen-bond acceptors (Lipinski definition) is 3. The molecule has 1 amide bonds. The molecule has 5 nitrogen and oxygen atoms in total. The summed E-state index contributed by atoms with van der Waals surface area (Å²) < 4.78 is 2.12. The summed E-state index contributed by atoms with van der Waals surface area (Å²) in [5, 5.41) is 7.82. The number of carbonyl (C=O) groups is 1. The van der Waals surface area contributed by atoms with Crippen molar-refractivity contribution in [1.29, 1.82) is 0 Å². The molecule has 1 aliphatic carbocycles. The van der Waals surface area contributed by atoms with Gasteiger partial charge in [-0.1, -0.05) is 37.1 Å². The van der Waals surface area contributed by atoms with Crippen LogP contribution in [0.15, 0.2) is 54.7 Å². The lowest BCUT2D eigenvalue weighted by Gasteiger charge is -2.13. The third-order valence-corrected chi connectivity index (χ3v) is 5.20. The summed E-state index contributed by atoms with van der Waals surface area (Å²) in [5.74, 6) is -0.0668. The number of nitrogens with zero attached hydrogens (tertiary/aromatic N) is 3. The first-order valence-corrected chi connectivity index (χ1v) is 9.56. The van der Waals surface area contributed by atoms with E-state index in [0.29, 0.717) is 18.2 Å². The van der Waals surface area contributed by atoms with Crippen molar-refractivity contribution in [2.75, 3.05) is 0 Å². The van der Waals surface area contributed by atoms with Crippen molar-refractivity contribution in [3.8, 4) is 11.4 Å². The molecule has 1 fully saturated rings. The number of pyridine rings is 1. The molecule has 3 aromatic rings. The van der Waals surface area contributed by atoms with Gasteiger partial charge in [0.25, 0.3) is 5.91 Å². The van der Waals surface area contributed by atoms with Gasteiger partial charge in [0, 0.05) is 11.8 Å². The first-order chi connectivity index (χ1) is 13.2. The first kappa shape index (κ1) is 17.5. The van der Waals surface area contributed by atoms with Crippen molar-refractivity contribution in [3.63, 3.8) is 0 Å². The van der Waals surface area contributed by atoms with Gasteiger partial charge in [0.2, 0.25) is 0 Å². The van der Waals surface area contributed by atoms with Crippen LogP contribution in [-0.4, -0.2) is 20.7 Å². The number of carbonyl (C=O) groups excluding carboxylic acids is 1. The summed E-state index contributed by atoms with van der Waals surface area (Å²) in [6.45, 7) is 2.36. The van der Waals surface area contributed by atoms with E-state index in [-0.39, 0.29) is 5.91 Å². The molecule has 2 aromatic heterocycles. The molecule has 4 rings (SSSR count). The maximum atomic E-state index is 12.5. The largest absolute Gasteiger partial charge is 0.346 e. The predicted octanol–water partition coefficient (Wildman–Crippen LogP) is 4.30. The summed E-state index contributed by atoms with van der Waals surface area (Å²) >= 11 is 0. The van der Waals surface area contributed by atoms with Gasteiger partial charge in [0.1, 0.15) is 0 Å². The third kappa shape index (κ3) is 3.77. The van der Waals surface area contributed by atoms with Crippen molar-refractivity contribution in [2.45, 2.75) is 45.2 Å². The molecule has 0 saturated heterocycles. The van der Waals surface area contributed by atoms with Crippen LogP contribution in [0.3, 0.4) is 0 Å². The summed E-state index contributed by atoms with van der Waals surface area (Å²) in [6.07, 6.45) is 6.59. The Morgan fingerprint density at radius 1 is 1.15 bits per heavy atom. The van der Waals surface area contributed by atoms with E-state index in [1.807, 2.05) is 49.4 Å². The minimum atomic E-state index is -0.0668. The zero-order valence-electron chi connectivity index (χ0n) is 15.6. The molecule has 2 heterocycles. The fraction of sp³-hybridized carbons (Fsp3) is 0.318. The smallest absolute Gasteiger partial charge is 0.251 e. The first-order valence-electron chi connectivity index (χ1n) is 9.56. The van der Waals surface area contributed by atoms with Gasteiger partial charge in [0.15, 0.2) is 0 Å². The molecule has 1 aromatic carbocycles. The average molecular weight is 360 g/mol. The van der Waals surface area contributed by atoms with Crippen LogP contribution in [0, 0.1) is 6.92 Å². The van der Waals surface area contributed by atoms with Crippen molar-refractivity contribution in [1.82, 2.24) is 20.1 Å². The van der Waals surface area contributed by atoms with Crippen LogP contribution in [-0.2, 0) is 6.54 Å². The molecule has 1 N–H and O–H groups in total. The van der Waals surface area contributed by atoms with Crippen molar-refractivity contribution in [3.05, 3.63) is 71.5 Å². The lowest BCUT2D eigenvalue weighted by molar-refractivity contribution is 0.0949. The van der Waals surface area contributed by atoms with E-state index < -0.39 is 0 Å². The highest BCUT2D eigenvalue weighted by Gasteiger charge is 2.22. The van der Waals surface area contributed by atoms with Gasteiger partial charge in [-0.05, 0) is 49.6 Å². The summed E-state index contributed by atoms with van der Waals surface area (Å²) in [4.78, 5) is 17.0. The van der Waals surface area contributed by atoms with Gasteiger partial charge in [-0.3, -0.25) is 14.5 Å². The molecule has 1 aliphatic rings. The molecule has 0 unspecified atom stereocenters. The Morgan fingerprint density at radius 2 is 1.93 bits per heavy atom. The number of aryl methyl sites for hydroxylation is 1. The summed E-state index contributed by atoms with van der Waals surface area (Å²) in [5.41, 5.74) is 4.50. The fourth-order valence-electron chi connectivity index (χ4n) is 3.76. The van der Waals surface area contributed by atoms with Crippen molar-refractivity contribution < 1.29 is 4.79 Å². The Hall–Kier alpha value is -2.95. The van der Waals surface area contributed by atoms with Crippen LogP contribution in [0.4, 0.5) is 0 Å². The minimum absolute atomic E-state index is 0.0668. The van der Waals surface area contributed by atoms with Gasteiger partial charge in [-0.2, -0.15) is 5.10 Å². The molecule has 0 bridgehead atoms. The van der Waals surface area contributed by atoms with Crippen LogP contribution >= 0.6 is 0 Å². The minimum Gasteiger partial charge on any atom is -0.346 e. The Balaban J connectivity index is 1.56. The lowest BCUT2D eigenvalue weighted by atomic mass is 10.1. The van der Waals surface area contributed by atoms with Crippen LogP contribution in [0.2, 0.25) is 0 Å². The number of amides is 1. The second-order valence-electron chi connectivity index (χ2n) is 7.12. The van der Waals surface area contributed by atoms with Crippen molar-refractivity contribution >= 4 is 5.91 Å². The van der Waals surface area contributed by atoms with Crippen molar-refractivity contribution in [2.24, 2.45) is 0 Å². The summed E-state index contributed by atoms with van der Waals surface area (Å²) in [7, 11) is 0. The van der Waals surface area contributed by atoms with Crippen LogP contribution in [0.5, 0.6) is 0 Å². The Morgan fingerprint density at radius 3 is 2.67 bits per heavy atom. The Kier molecular flexibility index (Phi) is 5.01. The van der Waals surface area contributed by atoms with Crippen LogP contribution in [0.1, 0.15) is 53.3 Å². The van der Waals surface area contributed by atoms with E-state index in [2.05, 4.69) is 21.0 Å². The number of hydrogen-bond donors (Lipinski definition) is 1. The van der Waals surface area contributed by atoms with Gasteiger partial charge in [0.05, 0.1) is 29.7 Å². The molecule has 0 aliphatic heterocycles. The second-order valence-corrected chi connectivity index (χ2v) is 7.12. The molecular weight excluding hydrogens is 336 g/mol. The van der Waals surface area contributed by atoms with E-state index in [4.69, 9.17) is 5.10 Å². The molecule has 138 valence electrons. The SMILES string of the molecule is Cc1ccccc1C(=O)NCc1cc(-c2ccccn2)n(C2CCCC2)n1. The van der Waals surface area contributed by atoms with E-state index >= 15 is 0 Å². The maximum absolute atomic E-state index is 12.5. The molecule has 1 saturated carbocycles. The summed E-state index contributed by atoms with van der Waals surface area (Å²) in [6, 6.07) is 16.0. The third-order valence-electron chi connectivity index (χ3n) is 5.20. The number of rotatable bonds is 5. The standard InChI is InChI=1S/C22H24N4O/c1-16-8-2-5-11-19(16)22(27)24-15-17-14-21(20-12-6-7-13-23-20)26(25-17)18-9-3-4-10-18/h2,5-8,11-14,18H,3-4,9-10,15H2,1H3,(H,24,27).